The summed E-state index contributed by atoms with van der Waals surface area (Å²) in [4.78, 5) is 18.0. The molecular formula is C43H40N4O. The highest BCUT2D eigenvalue weighted by molar-refractivity contribution is 5.95. The highest BCUT2D eigenvalue weighted by atomic mass is 16.2. The van der Waals surface area contributed by atoms with Gasteiger partial charge in [-0.25, -0.2) is 0 Å². The lowest BCUT2D eigenvalue weighted by molar-refractivity contribution is 0.0950. The van der Waals surface area contributed by atoms with Crippen LogP contribution < -0.4 is 20.2 Å². The molecule has 1 N–H and O–H groups in total. The predicted molar refractivity (Wildman–Crippen MR) is 198 cm³/mol. The van der Waals surface area contributed by atoms with Crippen LogP contribution in [0.15, 0.2) is 152 Å². The second kappa shape index (κ2) is 13.9. The molecule has 0 radical (unpaired) electrons. The van der Waals surface area contributed by atoms with Crippen molar-refractivity contribution < 1.29 is 4.79 Å². The van der Waals surface area contributed by atoms with Gasteiger partial charge < -0.3 is 9.80 Å². The quantitative estimate of drug-likeness (QED) is 0.164. The van der Waals surface area contributed by atoms with Crippen LogP contribution in [0.5, 0.6) is 0 Å². The van der Waals surface area contributed by atoms with E-state index in [0.29, 0.717) is 12.1 Å². The van der Waals surface area contributed by atoms with E-state index < -0.39 is 0 Å². The van der Waals surface area contributed by atoms with Crippen LogP contribution in [0.1, 0.15) is 38.2 Å². The van der Waals surface area contributed by atoms with Crippen LogP contribution in [-0.4, -0.2) is 12.5 Å². The fourth-order valence-corrected chi connectivity index (χ4v) is 6.36. The van der Waals surface area contributed by atoms with Gasteiger partial charge >= 0.3 is 0 Å². The van der Waals surface area contributed by atoms with Gasteiger partial charge in [-0.2, -0.15) is 0 Å². The topological polar surface area (TPSA) is 38.8 Å². The van der Waals surface area contributed by atoms with Crippen molar-refractivity contribution >= 4 is 34.3 Å². The van der Waals surface area contributed by atoms with E-state index in [1.54, 1.807) is 0 Å². The molecule has 1 amide bonds. The normalized spacial score (nSPS) is 12.0. The highest BCUT2D eigenvalue weighted by Crippen LogP contribution is 2.33. The number of nitrogens with zero attached hydrogens (tertiary/aromatic N) is 3. The zero-order valence-corrected chi connectivity index (χ0v) is 27.5. The molecule has 6 aromatic rings. The van der Waals surface area contributed by atoms with Crippen LogP contribution in [-0.2, 0) is 19.5 Å². The summed E-state index contributed by atoms with van der Waals surface area (Å²) in [6.45, 7) is 6.46. The van der Waals surface area contributed by atoms with Gasteiger partial charge in [0, 0.05) is 47.9 Å². The van der Waals surface area contributed by atoms with Gasteiger partial charge in [-0.15, -0.1) is 0 Å². The standard InChI is InChI=1S/C43H40N4O/c1-32-13-18-38(19-14-32)45(30-34-9-5-3-6-10-34)40-22-24-41(25-23-40)46(31-35-11-7-4-8-12-35)39-20-16-36(17-21-39)43(48)44-47-28-27-37-29-33(2)15-26-42(37)47/h3-26,29H,27-28,30-31H2,1-2H3,(H,44,48). The fourth-order valence-electron chi connectivity index (χ4n) is 6.36. The molecule has 48 heavy (non-hydrogen) atoms. The monoisotopic (exact) mass is 628 g/mol. The maximum absolute atomic E-state index is 13.3. The number of benzene rings is 6. The number of carbonyl (C=O) groups excluding carboxylic acids is 1. The third-order valence-corrected chi connectivity index (χ3v) is 8.99. The summed E-state index contributed by atoms with van der Waals surface area (Å²) in [5.74, 6) is -0.108. The molecule has 0 aromatic heterocycles. The molecule has 0 saturated carbocycles. The van der Waals surface area contributed by atoms with E-state index in [1.807, 2.05) is 35.3 Å². The molecule has 0 aliphatic carbocycles. The first-order valence-electron chi connectivity index (χ1n) is 16.6. The maximum Gasteiger partial charge on any atom is 0.269 e. The molecule has 0 atom stereocenters. The lowest BCUT2D eigenvalue weighted by Gasteiger charge is -2.28. The Morgan fingerprint density at radius 2 is 1.04 bits per heavy atom. The summed E-state index contributed by atoms with van der Waals surface area (Å²) < 4.78 is 0. The number of fused-ring (bicyclic) bond motifs is 1. The van der Waals surface area contributed by atoms with Gasteiger partial charge in [0.05, 0.1) is 5.69 Å². The van der Waals surface area contributed by atoms with Crippen LogP contribution in [0, 0.1) is 13.8 Å². The summed E-state index contributed by atoms with van der Waals surface area (Å²) in [5, 5.41) is 1.96. The molecule has 7 rings (SSSR count). The largest absolute Gasteiger partial charge is 0.337 e. The van der Waals surface area contributed by atoms with Crippen LogP contribution in [0.4, 0.5) is 28.4 Å². The number of anilines is 5. The van der Waals surface area contributed by atoms with Crippen molar-refractivity contribution in [2.45, 2.75) is 33.4 Å². The molecule has 0 spiro atoms. The van der Waals surface area contributed by atoms with Gasteiger partial charge in [0.1, 0.15) is 0 Å². The second-order valence-corrected chi connectivity index (χ2v) is 12.5. The molecule has 0 saturated heterocycles. The van der Waals surface area contributed by atoms with E-state index in [-0.39, 0.29) is 5.91 Å². The molecular weight excluding hydrogens is 589 g/mol. The SMILES string of the molecule is Cc1ccc(N(Cc2ccccc2)c2ccc(N(Cc3ccccc3)c3ccc(C(=O)NN4CCc5cc(C)ccc54)cc3)cc2)cc1. The van der Waals surface area contributed by atoms with Crippen molar-refractivity contribution in [3.8, 4) is 0 Å². The molecule has 0 bridgehead atoms. The summed E-state index contributed by atoms with van der Waals surface area (Å²) >= 11 is 0. The molecule has 1 aliphatic heterocycles. The lowest BCUT2D eigenvalue weighted by Crippen LogP contribution is -2.41. The minimum atomic E-state index is -0.108. The predicted octanol–water partition coefficient (Wildman–Crippen LogP) is 9.69. The van der Waals surface area contributed by atoms with Crippen LogP contribution in [0.2, 0.25) is 0 Å². The molecule has 0 unspecified atom stereocenters. The Bertz CT molecular complexity index is 1970. The van der Waals surface area contributed by atoms with Crippen molar-refractivity contribution in [1.29, 1.82) is 0 Å². The molecule has 1 heterocycles. The summed E-state index contributed by atoms with van der Waals surface area (Å²) in [6.07, 6.45) is 0.929. The third-order valence-electron chi connectivity index (χ3n) is 8.99. The van der Waals surface area contributed by atoms with Gasteiger partial charge in [0.25, 0.3) is 5.91 Å². The number of nitrogens with one attached hydrogen (secondary N) is 1. The molecule has 5 nitrogen and oxygen atoms in total. The molecule has 1 aliphatic rings. The fraction of sp³-hybridized carbons (Fsp3) is 0.140. The van der Waals surface area contributed by atoms with Gasteiger partial charge in [-0.1, -0.05) is 96.1 Å². The van der Waals surface area contributed by atoms with E-state index in [4.69, 9.17) is 0 Å². The van der Waals surface area contributed by atoms with Gasteiger partial charge in [-0.05, 0) is 104 Å². The van der Waals surface area contributed by atoms with Crippen molar-refractivity contribution in [2.75, 3.05) is 21.4 Å². The Kier molecular flexibility index (Phi) is 8.92. The number of carbonyl (C=O) groups is 1. The number of hydrogen-bond acceptors (Lipinski definition) is 4. The first kappa shape index (κ1) is 30.8. The number of rotatable bonds is 10. The van der Waals surface area contributed by atoms with Crippen LogP contribution >= 0.6 is 0 Å². The van der Waals surface area contributed by atoms with Gasteiger partial charge in [0.15, 0.2) is 0 Å². The van der Waals surface area contributed by atoms with Crippen LogP contribution in [0.25, 0.3) is 0 Å². The van der Waals surface area contributed by atoms with Crippen molar-refractivity contribution in [3.05, 3.63) is 185 Å². The molecule has 238 valence electrons. The molecule has 5 heteroatoms. The summed E-state index contributed by atoms with van der Waals surface area (Å²) in [6, 6.07) is 52.9. The first-order chi connectivity index (χ1) is 23.5. The van der Waals surface area contributed by atoms with E-state index in [2.05, 4.69) is 150 Å². The van der Waals surface area contributed by atoms with E-state index in [9.17, 15) is 4.79 Å². The first-order valence-corrected chi connectivity index (χ1v) is 16.6. The number of hydrazine groups is 1. The average molecular weight is 629 g/mol. The van der Waals surface area contributed by atoms with Gasteiger partial charge in [-0.3, -0.25) is 15.2 Å². The zero-order chi connectivity index (χ0) is 32.9. The Labute approximate surface area is 283 Å². The summed E-state index contributed by atoms with van der Waals surface area (Å²) in [5.41, 5.74) is 15.4. The maximum atomic E-state index is 13.3. The van der Waals surface area contributed by atoms with Crippen molar-refractivity contribution in [1.82, 2.24) is 5.43 Å². The zero-order valence-electron chi connectivity index (χ0n) is 27.5. The Balaban J connectivity index is 1.14. The molecule has 6 aromatic carbocycles. The van der Waals surface area contributed by atoms with Crippen molar-refractivity contribution in [3.63, 3.8) is 0 Å². The smallest absolute Gasteiger partial charge is 0.269 e. The van der Waals surface area contributed by atoms with Crippen molar-refractivity contribution in [2.24, 2.45) is 0 Å². The lowest BCUT2D eigenvalue weighted by atomic mass is 10.1. The van der Waals surface area contributed by atoms with Crippen LogP contribution in [0.3, 0.4) is 0 Å². The number of aryl methyl sites for hydroxylation is 2. The molecule has 0 fully saturated rings. The van der Waals surface area contributed by atoms with E-state index in [1.165, 1.54) is 27.8 Å². The minimum Gasteiger partial charge on any atom is -0.337 e. The number of amides is 1. The average Bonchev–Trinajstić information content (AvgIpc) is 3.52. The Hall–Kier alpha value is -5.81. The Morgan fingerprint density at radius 3 is 1.56 bits per heavy atom. The Morgan fingerprint density at radius 1 is 0.583 bits per heavy atom. The summed E-state index contributed by atoms with van der Waals surface area (Å²) in [7, 11) is 0. The third kappa shape index (κ3) is 6.96. The van der Waals surface area contributed by atoms with E-state index in [0.717, 1.165) is 47.9 Å². The minimum absolute atomic E-state index is 0.108. The second-order valence-electron chi connectivity index (χ2n) is 12.5. The number of hydrogen-bond donors (Lipinski definition) is 1. The highest BCUT2D eigenvalue weighted by Gasteiger charge is 2.22. The van der Waals surface area contributed by atoms with Gasteiger partial charge in [0.2, 0.25) is 0 Å². The van der Waals surface area contributed by atoms with E-state index >= 15 is 0 Å².